The predicted molar refractivity (Wildman–Crippen MR) is 115 cm³/mol. The second-order valence-electron chi connectivity index (χ2n) is 8.76. The fourth-order valence-electron chi connectivity index (χ4n) is 4.89. The van der Waals surface area contributed by atoms with Crippen LogP contribution in [-0.2, 0) is 22.7 Å². The molecule has 0 spiro atoms. The number of carbonyl (C=O) groups excluding carboxylic acids is 3. The van der Waals surface area contributed by atoms with Crippen LogP contribution in [0, 0.1) is 0 Å². The second kappa shape index (κ2) is 8.74. The lowest BCUT2D eigenvalue weighted by Crippen LogP contribution is -2.52. The zero-order chi connectivity index (χ0) is 22.1. The molecule has 168 valence electrons. The Labute approximate surface area is 186 Å². The van der Waals surface area contributed by atoms with Crippen LogP contribution in [0.4, 0.5) is 0 Å². The van der Waals surface area contributed by atoms with Gasteiger partial charge in [-0.2, -0.15) is 5.10 Å². The molecule has 1 aromatic heterocycles. The van der Waals surface area contributed by atoms with Gasteiger partial charge in [0.1, 0.15) is 18.4 Å². The summed E-state index contributed by atoms with van der Waals surface area (Å²) in [5, 5.41) is 9.24. The first-order chi connectivity index (χ1) is 15.6. The molecule has 4 heterocycles. The molecule has 5 rings (SSSR count). The molecule has 0 radical (unpaired) electrons. The molecule has 0 aliphatic carbocycles. The van der Waals surface area contributed by atoms with Crippen LogP contribution in [0.1, 0.15) is 53.6 Å². The smallest absolute Gasteiger partial charge is 0.255 e. The molecule has 2 N–H and O–H groups in total. The lowest BCUT2D eigenvalue weighted by atomic mass is 10.0. The monoisotopic (exact) mass is 437 g/mol. The van der Waals surface area contributed by atoms with Crippen LogP contribution < -0.4 is 10.1 Å². The fraction of sp³-hybridized carbons (Fsp3) is 0.478. The van der Waals surface area contributed by atoms with E-state index in [-0.39, 0.29) is 18.2 Å². The minimum Gasteiger partial charge on any atom is -0.492 e. The van der Waals surface area contributed by atoms with Gasteiger partial charge in [0.05, 0.1) is 6.20 Å². The number of piperidine rings is 2. The Balaban J connectivity index is 1.23. The number of hydrogen-bond donors (Lipinski definition) is 2. The molecule has 9 heteroatoms. The van der Waals surface area contributed by atoms with Gasteiger partial charge in [0.25, 0.3) is 5.91 Å². The number of likely N-dealkylation sites (tertiary alicyclic amines) is 1. The Kier molecular flexibility index (Phi) is 5.65. The van der Waals surface area contributed by atoms with E-state index in [2.05, 4.69) is 20.4 Å². The number of amides is 3. The molecule has 0 bridgehead atoms. The highest BCUT2D eigenvalue weighted by molar-refractivity contribution is 6.05. The number of aromatic nitrogens is 2. The summed E-state index contributed by atoms with van der Waals surface area (Å²) in [6, 6.07) is 5.24. The van der Waals surface area contributed by atoms with Crippen molar-refractivity contribution in [3.63, 3.8) is 0 Å². The predicted octanol–water partition coefficient (Wildman–Crippen LogP) is 1.60. The number of ether oxygens (including phenoxy) is 1. The molecule has 1 unspecified atom stereocenters. The van der Waals surface area contributed by atoms with Crippen molar-refractivity contribution in [1.29, 1.82) is 0 Å². The van der Waals surface area contributed by atoms with Crippen LogP contribution in [0.15, 0.2) is 30.6 Å². The number of hydrogen-bond acceptors (Lipinski definition) is 6. The molecule has 3 amide bonds. The second-order valence-corrected chi connectivity index (χ2v) is 8.76. The van der Waals surface area contributed by atoms with Crippen LogP contribution >= 0.6 is 0 Å². The maximum atomic E-state index is 12.8. The Bertz CT molecular complexity index is 1020. The lowest BCUT2D eigenvalue weighted by molar-refractivity contribution is -0.136. The van der Waals surface area contributed by atoms with E-state index in [4.69, 9.17) is 4.74 Å². The van der Waals surface area contributed by atoms with Crippen LogP contribution in [0.5, 0.6) is 5.75 Å². The molecule has 2 saturated heterocycles. The highest BCUT2D eigenvalue weighted by Crippen LogP contribution is 2.30. The molecule has 32 heavy (non-hydrogen) atoms. The number of rotatable bonds is 6. The zero-order valence-electron chi connectivity index (χ0n) is 17.9. The normalized spacial score (nSPS) is 23.9. The van der Waals surface area contributed by atoms with Gasteiger partial charge in [-0.25, -0.2) is 0 Å². The van der Waals surface area contributed by atoms with Gasteiger partial charge >= 0.3 is 0 Å². The minimum absolute atomic E-state index is 0.167. The third-order valence-electron chi connectivity index (χ3n) is 6.63. The molecule has 9 nitrogen and oxygen atoms in total. The third kappa shape index (κ3) is 4.12. The first kappa shape index (κ1) is 20.7. The fourth-order valence-corrected chi connectivity index (χ4v) is 4.89. The maximum absolute atomic E-state index is 12.8. The van der Waals surface area contributed by atoms with Gasteiger partial charge in [-0.1, -0.05) is 6.42 Å². The van der Waals surface area contributed by atoms with E-state index in [9.17, 15) is 14.4 Å². The van der Waals surface area contributed by atoms with Gasteiger partial charge in [-0.3, -0.25) is 29.7 Å². The van der Waals surface area contributed by atoms with Gasteiger partial charge < -0.3 is 9.64 Å². The zero-order valence-corrected chi connectivity index (χ0v) is 17.9. The van der Waals surface area contributed by atoms with E-state index in [1.54, 1.807) is 11.0 Å². The van der Waals surface area contributed by atoms with Gasteiger partial charge in [0.2, 0.25) is 11.8 Å². The molecule has 3 aliphatic heterocycles. The SMILES string of the molecule is O=C1CCC(N2Cc3cc(OC[C@H]4CCCCN4Cc4cn[nH]c4)ccc3C2=O)C(=O)N1. The number of nitrogens with zero attached hydrogens (tertiary/aromatic N) is 3. The topological polar surface area (TPSA) is 108 Å². The van der Waals surface area contributed by atoms with Crippen molar-refractivity contribution >= 4 is 17.7 Å². The molecule has 2 fully saturated rings. The van der Waals surface area contributed by atoms with E-state index < -0.39 is 11.9 Å². The summed E-state index contributed by atoms with van der Waals surface area (Å²) in [5.41, 5.74) is 2.62. The minimum atomic E-state index is -0.601. The van der Waals surface area contributed by atoms with Crippen LogP contribution in [0.2, 0.25) is 0 Å². The third-order valence-corrected chi connectivity index (χ3v) is 6.63. The van der Waals surface area contributed by atoms with E-state index >= 15 is 0 Å². The van der Waals surface area contributed by atoms with Crippen molar-refractivity contribution < 1.29 is 19.1 Å². The Hall–Kier alpha value is -3.20. The Morgan fingerprint density at radius 3 is 2.88 bits per heavy atom. The van der Waals surface area contributed by atoms with E-state index in [1.165, 1.54) is 18.4 Å². The van der Waals surface area contributed by atoms with Crippen LogP contribution in [0.25, 0.3) is 0 Å². The molecule has 3 aliphatic rings. The highest BCUT2D eigenvalue weighted by Gasteiger charge is 2.39. The molecule has 0 saturated carbocycles. The van der Waals surface area contributed by atoms with E-state index in [0.717, 1.165) is 30.8 Å². The molecular weight excluding hydrogens is 410 g/mol. The first-order valence-electron chi connectivity index (χ1n) is 11.2. The van der Waals surface area contributed by atoms with Crippen molar-refractivity contribution in [2.45, 2.75) is 57.3 Å². The maximum Gasteiger partial charge on any atom is 0.255 e. The number of H-pyrrole nitrogens is 1. The summed E-state index contributed by atoms with van der Waals surface area (Å²) in [5.74, 6) is -0.111. The molecular formula is C23H27N5O4. The standard InChI is InChI=1S/C23H27N5O4/c29-21-7-6-20(22(30)26-21)28-13-16-9-18(4-5-19(16)23(28)31)32-14-17-3-1-2-8-27(17)12-15-10-24-25-11-15/h4-5,9-11,17,20H,1-3,6-8,12-14H2,(H,24,25)(H,26,29,30)/t17-,20?/m1/s1. The quantitative estimate of drug-likeness (QED) is 0.665. The average molecular weight is 438 g/mol. The van der Waals surface area contributed by atoms with Gasteiger partial charge in [-0.15, -0.1) is 0 Å². The average Bonchev–Trinajstić information content (AvgIpc) is 3.41. The Morgan fingerprint density at radius 2 is 2.06 bits per heavy atom. The van der Waals surface area contributed by atoms with Gasteiger partial charge in [0, 0.05) is 42.9 Å². The summed E-state index contributed by atoms with van der Waals surface area (Å²) in [7, 11) is 0. The van der Waals surface area contributed by atoms with Crippen LogP contribution in [-0.4, -0.2) is 63.0 Å². The number of carbonyl (C=O) groups is 3. The van der Waals surface area contributed by atoms with Crippen molar-refractivity contribution in [3.05, 3.63) is 47.3 Å². The highest BCUT2D eigenvalue weighted by atomic mass is 16.5. The van der Waals surface area contributed by atoms with Crippen molar-refractivity contribution in [3.8, 4) is 5.75 Å². The number of benzene rings is 1. The van der Waals surface area contributed by atoms with Crippen molar-refractivity contribution in [2.24, 2.45) is 0 Å². The van der Waals surface area contributed by atoms with E-state index in [0.29, 0.717) is 31.2 Å². The Morgan fingerprint density at radius 1 is 1.16 bits per heavy atom. The number of aromatic amines is 1. The summed E-state index contributed by atoms with van der Waals surface area (Å²) >= 11 is 0. The largest absolute Gasteiger partial charge is 0.492 e. The van der Waals surface area contributed by atoms with Crippen molar-refractivity contribution in [1.82, 2.24) is 25.3 Å². The first-order valence-corrected chi connectivity index (χ1v) is 11.2. The number of nitrogens with one attached hydrogen (secondary N) is 2. The summed E-state index contributed by atoms with van der Waals surface area (Å²) in [4.78, 5) is 40.5. The van der Waals surface area contributed by atoms with Crippen LogP contribution in [0.3, 0.4) is 0 Å². The molecule has 2 atom stereocenters. The molecule has 2 aromatic rings. The summed E-state index contributed by atoms with van der Waals surface area (Å²) in [6.07, 6.45) is 7.87. The van der Waals surface area contributed by atoms with E-state index in [1.807, 2.05) is 24.5 Å². The molecule has 1 aromatic carbocycles. The van der Waals surface area contributed by atoms with Crippen molar-refractivity contribution in [2.75, 3.05) is 13.2 Å². The summed E-state index contributed by atoms with van der Waals surface area (Å²) in [6.45, 7) is 2.83. The van der Waals surface area contributed by atoms with Gasteiger partial charge in [0.15, 0.2) is 0 Å². The number of imide groups is 1. The van der Waals surface area contributed by atoms with Gasteiger partial charge in [-0.05, 0) is 49.6 Å². The number of fused-ring (bicyclic) bond motifs is 1. The lowest BCUT2D eigenvalue weighted by Gasteiger charge is -2.35. The summed E-state index contributed by atoms with van der Waals surface area (Å²) < 4.78 is 6.15.